The number of rotatable bonds is 4. The summed E-state index contributed by atoms with van der Waals surface area (Å²) in [5.41, 5.74) is 3.44. The Labute approximate surface area is 179 Å². The van der Waals surface area contributed by atoms with Gasteiger partial charge in [-0.15, -0.1) is 11.8 Å². The summed E-state index contributed by atoms with van der Waals surface area (Å²) >= 11 is 1.52. The molecule has 0 fully saturated rings. The quantitative estimate of drug-likeness (QED) is 0.656. The number of hydrogen-bond acceptors (Lipinski definition) is 6. The Balaban J connectivity index is 1.93. The summed E-state index contributed by atoms with van der Waals surface area (Å²) in [6, 6.07) is 13.3. The van der Waals surface area contributed by atoms with Crippen LogP contribution in [0.5, 0.6) is 17.2 Å². The van der Waals surface area contributed by atoms with Crippen LogP contribution in [0.3, 0.4) is 0 Å². The first-order chi connectivity index (χ1) is 14.4. The number of phenolic OH excluding ortho intramolecular Hbond substituents is 1. The molecule has 0 spiro atoms. The second-order valence-electron chi connectivity index (χ2n) is 7.02. The number of ether oxygens (including phenoxy) is 2. The van der Waals surface area contributed by atoms with Crippen molar-refractivity contribution in [1.82, 2.24) is 9.78 Å². The van der Waals surface area contributed by atoms with Gasteiger partial charge in [-0.3, -0.25) is 4.79 Å². The number of nitrogens with zero attached hydrogens (tertiary/aromatic N) is 2. The molecule has 0 saturated carbocycles. The number of aryl methyl sites for hydroxylation is 1. The molecule has 2 heterocycles. The van der Waals surface area contributed by atoms with Gasteiger partial charge in [0.05, 0.1) is 36.1 Å². The number of carbonyl (C=O) groups is 1. The van der Waals surface area contributed by atoms with Crippen LogP contribution in [0.4, 0.5) is 5.82 Å². The van der Waals surface area contributed by atoms with E-state index in [0.717, 1.165) is 22.5 Å². The van der Waals surface area contributed by atoms with Crippen LogP contribution in [0.2, 0.25) is 0 Å². The summed E-state index contributed by atoms with van der Waals surface area (Å²) in [5, 5.41) is 17.6. The van der Waals surface area contributed by atoms with Gasteiger partial charge in [-0.05, 0) is 43.7 Å². The molecule has 0 saturated heterocycles. The smallest absolute Gasteiger partial charge is 0.238 e. The van der Waals surface area contributed by atoms with E-state index in [2.05, 4.69) is 5.32 Å². The SMILES string of the molecule is COc1cc(C2SC(C)C(=O)Nc3c2c(C)nn3-c2ccccc2)cc(OC)c1O. The average molecular weight is 426 g/mol. The molecule has 4 rings (SSSR count). The molecule has 0 aliphatic carbocycles. The van der Waals surface area contributed by atoms with Crippen LogP contribution < -0.4 is 14.8 Å². The van der Waals surface area contributed by atoms with Crippen LogP contribution in [0.1, 0.15) is 29.0 Å². The zero-order valence-electron chi connectivity index (χ0n) is 17.2. The highest BCUT2D eigenvalue weighted by atomic mass is 32.2. The third-order valence-electron chi connectivity index (χ3n) is 5.13. The lowest BCUT2D eigenvalue weighted by Gasteiger charge is -2.20. The number of aromatic hydroxyl groups is 1. The van der Waals surface area contributed by atoms with Gasteiger partial charge in [0.1, 0.15) is 5.82 Å². The lowest BCUT2D eigenvalue weighted by atomic mass is 10.0. The molecule has 1 aliphatic rings. The molecule has 30 heavy (non-hydrogen) atoms. The Morgan fingerprint density at radius 2 is 1.77 bits per heavy atom. The Bertz CT molecular complexity index is 1070. The predicted octanol–water partition coefficient (Wildman–Crippen LogP) is 4.07. The third kappa shape index (κ3) is 3.37. The van der Waals surface area contributed by atoms with Crippen LogP contribution in [0, 0.1) is 6.92 Å². The molecule has 2 N–H and O–H groups in total. The third-order valence-corrected chi connectivity index (χ3v) is 6.53. The number of para-hydroxylation sites is 1. The minimum absolute atomic E-state index is 0.0541. The number of phenols is 1. The van der Waals surface area contributed by atoms with Crippen molar-refractivity contribution < 1.29 is 19.4 Å². The van der Waals surface area contributed by atoms with E-state index >= 15 is 0 Å². The van der Waals surface area contributed by atoms with E-state index in [1.165, 1.54) is 26.0 Å². The Kier molecular flexibility index (Phi) is 5.34. The molecule has 7 nitrogen and oxygen atoms in total. The predicted molar refractivity (Wildman–Crippen MR) is 117 cm³/mol. The molecular formula is C22H23N3O4S. The van der Waals surface area contributed by atoms with Crippen molar-refractivity contribution >= 4 is 23.5 Å². The number of thioether (sulfide) groups is 1. The van der Waals surface area contributed by atoms with Crippen LogP contribution >= 0.6 is 11.8 Å². The largest absolute Gasteiger partial charge is 0.502 e. The molecule has 2 atom stereocenters. The summed E-state index contributed by atoms with van der Waals surface area (Å²) in [6.45, 7) is 3.81. The van der Waals surface area contributed by atoms with Gasteiger partial charge in [0.15, 0.2) is 11.5 Å². The van der Waals surface area contributed by atoms with E-state index in [9.17, 15) is 9.90 Å². The summed E-state index contributed by atoms with van der Waals surface area (Å²) in [5.74, 6) is 1.14. The number of benzene rings is 2. The van der Waals surface area contributed by atoms with Crippen molar-refractivity contribution in [2.45, 2.75) is 24.3 Å². The highest BCUT2D eigenvalue weighted by Crippen LogP contribution is 2.49. The van der Waals surface area contributed by atoms with Gasteiger partial charge >= 0.3 is 0 Å². The van der Waals surface area contributed by atoms with Gasteiger partial charge in [-0.1, -0.05) is 18.2 Å². The fourth-order valence-corrected chi connectivity index (χ4v) is 4.89. The van der Waals surface area contributed by atoms with E-state index in [-0.39, 0.29) is 22.2 Å². The first-order valence-corrected chi connectivity index (χ1v) is 10.4. The number of nitrogens with one attached hydrogen (secondary N) is 1. The molecule has 8 heteroatoms. The maximum absolute atomic E-state index is 12.8. The number of carbonyl (C=O) groups excluding carboxylic acids is 1. The number of hydrogen-bond donors (Lipinski definition) is 2. The normalized spacial score (nSPS) is 18.3. The Hall–Kier alpha value is -3.13. The molecule has 1 amide bonds. The molecule has 2 aromatic carbocycles. The summed E-state index contributed by atoms with van der Waals surface area (Å²) in [6.07, 6.45) is 0. The van der Waals surface area contributed by atoms with Gasteiger partial charge in [0.2, 0.25) is 11.7 Å². The van der Waals surface area contributed by atoms with Crippen molar-refractivity contribution in [3.05, 3.63) is 59.3 Å². The van der Waals surface area contributed by atoms with E-state index in [1.54, 1.807) is 16.8 Å². The average Bonchev–Trinajstić information content (AvgIpc) is 3.00. The second kappa shape index (κ2) is 7.95. The zero-order valence-corrected chi connectivity index (χ0v) is 18.0. The Morgan fingerprint density at radius 1 is 1.13 bits per heavy atom. The molecular weight excluding hydrogens is 402 g/mol. The van der Waals surface area contributed by atoms with Crippen LogP contribution in [0.25, 0.3) is 5.69 Å². The van der Waals surface area contributed by atoms with Crippen molar-refractivity contribution in [2.75, 3.05) is 19.5 Å². The fraction of sp³-hybridized carbons (Fsp3) is 0.273. The van der Waals surface area contributed by atoms with E-state index in [0.29, 0.717) is 17.3 Å². The monoisotopic (exact) mass is 425 g/mol. The van der Waals surface area contributed by atoms with Crippen LogP contribution in [-0.4, -0.2) is 40.3 Å². The van der Waals surface area contributed by atoms with Gasteiger partial charge < -0.3 is 19.9 Å². The molecule has 0 radical (unpaired) electrons. The lowest BCUT2D eigenvalue weighted by Crippen LogP contribution is -2.22. The van der Waals surface area contributed by atoms with Crippen LogP contribution in [0.15, 0.2) is 42.5 Å². The number of methoxy groups -OCH3 is 2. The molecule has 0 bridgehead atoms. The first kappa shape index (κ1) is 20.2. The highest BCUT2D eigenvalue weighted by Gasteiger charge is 2.35. The summed E-state index contributed by atoms with van der Waals surface area (Å²) in [7, 11) is 2.99. The topological polar surface area (TPSA) is 85.6 Å². The minimum Gasteiger partial charge on any atom is -0.502 e. The molecule has 1 aromatic heterocycles. The number of amides is 1. The van der Waals surface area contributed by atoms with Gasteiger partial charge in [-0.2, -0.15) is 5.10 Å². The van der Waals surface area contributed by atoms with E-state index in [1.807, 2.05) is 44.2 Å². The van der Waals surface area contributed by atoms with Crippen molar-refractivity contribution in [1.29, 1.82) is 0 Å². The standard InChI is InChI=1S/C22H23N3O4S/c1-12-18-20(14-10-16(28-3)19(26)17(11-14)29-4)30-13(2)22(27)23-21(18)25(24-12)15-8-6-5-7-9-15/h5-11,13,20,26H,1-4H3,(H,23,27). The zero-order chi connectivity index (χ0) is 21.4. The lowest BCUT2D eigenvalue weighted by molar-refractivity contribution is -0.115. The minimum atomic E-state index is -0.295. The second-order valence-corrected chi connectivity index (χ2v) is 8.47. The van der Waals surface area contributed by atoms with Gasteiger partial charge in [-0.25, -0.2) is 4.68 Å². The van der Waals surface area contributed by atoms with E-state index < -0.39 is 0 Å². The highest BCUT2D eigenvalue weighted by molar-refractivity contribution is 8.01. The number of anilines is 1. The van der Waals surface area contributed by atoms with Crippen molar-refractivity contribution in [3.63, 3.8) is 0 Å². The number of aromatic nitrogens is 2. The number of fused-ring (bicyclic) bond motifs is 1. The molecule has 3 aromatic rings. The summed E-state index contributed by atoms with van der Waals surface area (Å²) in [4.78, 5) is 12.8. The fourth-order valence-electron chi connectivity index (χ4n) is 3.59. The van der Waals surface area contributed by atoms with E-state index in [4.69, 9.17) is 14.6 Å². The first-order valence-electron chi connectivity index (χ1n) is 9.50. The molecule has 2 unspecified atom stereocenters. The van der Waals surface area contributed by atoms with Gasteiger partial charge in [0.25, 0.3) is 0 Å². The maximum Gasteiger partial charge on any atom is 0.238 e. The summed E-state index contributed by atoms with van der Waals surface area (Å²) < 4.78 is 12.5. The van der Waals surface area contributed by atoms with Crippen molar-refractivity contribution in [2.24, 2.45) is 0 Å². The Morgan fingerprint density at radius 3 is 2.37 bits per heavy atom. The van der Waals surface area contributed by atoms with Crippen LogP contribution in [-0.2, 0) is 4.79 Å². The molecule has 156 valence electrons. The maximum atomic E-state index is 12.8. The van der Waals surface area contributed by atoms with Gasteiger partial charge in [0, 0.05) is 5.56 Å². The molecule has 1 aliphatic heterocycles. The van der Waals surface area contributed by atoms with Crippen molar-refractivity contribution in [3.8, 4) is 22.9 Å².